The summed E-state index contributed by atoms with van der Waals surface area (Å²) in [6, 6.07) is 1.96. The lowest BCUT2D eigenvalue weighted by Crippen LogP contribution is -2.48. The third kappa shape index (κ3) is 3.79. The molecule has 1 amide bonds. The van der Waals surface area contributed by atoms with Crippen LogP contribution in [-0.2, 0) is 4.79 Å². The van der Waals surface area contributed by atoms with Gasteiger partial charge in [0.05, 0.1) is 11.9 Å². The highest BCUT2D eigenvalue weighted by molar-refractivity contribution is 5.76. The summed E-state index contributed by atoms with van der Waals surface area (Å²) in [5.41, 5.74) is 1.32. The van der Waals surface area contributed by atoms with Crippen molar-refractivity contribution in [2.45, 2.75) is 44.9 Å². The molecule has 1 aromatic heterocycles. The minimum absolute atomic E-state index is 0.224. The molecule has 4 saturated carbocycles. The van der Waals surface area contributed by atoms with Gasteiger partial charge in [-0.25, -0.2) is 0 Å². The van der Waals surface area contributed by atoms with Crippen molar-refractivity contribution in [1.29, 1.82) is 0 Å². The highest BCUT2D eigenvalue weighted by Gasteiger charge is 2.51. The van der Waals surface area contributed by atoms with Gasteiger partial charge in [-0.05, 0) is 61.7 Å². The molecule has 2 N–H and O–H groups in total. The maximum atomic E-state index is 12.5. The molecule has 1 aromatic rings. The Balaban J connectivity index is 1.22. The van der Waals surface area contributed by atoms with Crippen LogP contribution in [0.25, 0.3) is 0 Å². The van der Waals surface area contributed by atoms with Gasteiger partial charge >= 0.3 is 0 Å². The highest BCUT2D eigenvalue weighted by atomic mass is 16.1. The fourth-order valence-corrected chi connectivity index (χ4v) is 5.99. The van der Waals surface area contributed by atoms with E-state index in [1.807, 2.05) is 25.1 Å². The van der Waals surface area contributed by atoms with Crippen LogP contribution >= 0.6 is 0 Å². The number of nitrogens with zero attached hydrogens (tertiary/aromatic N) is 3. The maximum absolute atomic E-state index is 12.5. The number of aromatic nitrogens is 2. The minimum Gasteiger partial charge on any atom is -0.376 e. The Labute approximate surface area is 156 Å². The van der Waals surface area contributed by atoms with E-state index < -0.39 is 0 Å². The Kier molecular flexibility index (Phi) is 4.76. The lowest BCUT2D eigenvalue weighted by Gasteiger charge is -2.56. The van der Waals surface area contributed by atoms with Gasteiger partial charge in [0, 0.05) is 39.7 Å². The molecule has 0 spiro atoms. The second kappa shape index (κ2) is 7.05. The predicted octanol–water partition coefficient (Wildman–Crippen LogP) is 2.68. The quantitative estimate of drug-likeness (QED) is 0.734. The first kappa shape index (κ1) is 17.6. The topological polar surface area (TPSA) is 70.2 Å². The average molecular weight is 358 g/mol. The second-order valence-corrected chi connectivity index (χ2v) is 9.06. The lowest BCUT2D eigenvalue weighted by molar-refractivity contribution is -0.129. The van der Waals surface area contributed by atoms with E-state index in [2.05, 4.69) is 20.8 Å². The summed E-state index contributed by atoms with van der Waals surface area (Å²) in [5.74, 6) is 3.67. The minimum atomic E-state index is 0.224. The maximum Gasteiger partial charge on any atom is 0.220 e. The molecule has 4 aliphatic carbocycles. The van der Waals surface area contributed by atoms with Gasteiger partial charge in [0.2, 0.25) is 5.91 Å². The summed E-state index contributed by atoms with van der Waals surface area (Å²) in [4.78, 5) is 14.5. The van der Waals surface area contributed by atoms with Crippen LogP contribution in [-0.4, -0.2) is 43.3 Å². The first-order chi connectivity index (χ1) is 12.5. The van der Waals surface area contributed by atoms with Crippen LogP contribution in [0.1, 0.15) is 44.9 Å². The molecule has 1 heterocycles. The van der Waals surface area contributed by atoms with Crippen LogP contribution in [0.2, 0.25) is 0 Å². The Morgan fingerprint density at radius 1 is 1.15 bits per heavy atom. The summed E-state index contributed by atoms with van der Waals surface area (Å²) in [6.07, 6.45) is 10.6. The molecule has 0 atom stereocenters. The SMILES string of the molecule is CN(C)c1cnnc(NCCNC(=O)CC23CC4CC(CC(C4)C2)C3)c1. The van der Waals surface area contributed by atoms with Gasteiger partial charge in [0.25, 0.3) is 0 Å². The molecule has 0 unspecified atom stereocenters. The third-order valence-corrected chi connectivity index (χ3v) is 6.61. The lowest BCUT2D eigenvalue weighted by atomic mass is 9.49. The van der Waals surface area contributed by atoms with Crippen LogP contribution in [0.4, 0.5) is 11.5 Å². The van der Waals surface area contributed by atoms with Crippen LogP contribution in [0, 0.1) is 23.2 Å². The van der Waals surface area contributed by atoms with Crippen LogP contribution in [0.15, 0.2) is 12.3 Å². The fourth-order valence-electron chi connectivity index (χ4n) is 5.99. The number of nitrogens with one attached hydrogen (secondary N) is 2. The highest BCUT2D eigenvalue weighted by Crippen LogP contribution is 2.61. The van der Waals surface area contributed by atoms with Gasteiger partial charge in [-0.1, -0.05) is 0 Å². The molecule has 0 aliphatic heterocycles. The summed E-state index contributed by atoms with van der Waals surface area (Å²) in [5, 5.41) is 14.4. The van der Waals surface area contributed by atoms with Gasteiger partial charge in [0.1, 0.15) is 0 Å². The first-order valence-corrected chi connectivity index (χ1v) is 10.0. The smallest absolute Gasteiger partial charge is 0.220 e. The van der Waals surface area contributed by atoms with Crippen molar-refractivity contribution in [2.24, 2.45) is 23.2 Å². The summed E-state index contributed by atoms with van der Waals surface area (Å²) < 4.78 is 0. The molecule has 4 fully saturated rings. The monoisotopic (exact) mass is 357 g/mol. The number of rotatable bonds is 7. The molecule has 4 bridgehead atoms. The van der Waals surface area contributed by atoms with Gasteiger partial charge in [-0.15, -0.1) is 5.10 Å². The van der Waals surface area contributed by atoms with Crippen LogP contribution < -0.4 is 15.5 Å². The zero-order valence-electron chi connectivity index (χ0n) is 16.0. The summed E-state index contributed by atoms with van der Waals surface area (Å²) in [7, 11) is 3.96. The van der Waals surface area contributed by atoms with Gasteiger partial charge in [0.15, 0.2) is 5.82 Å². The van der Waals surface area contributed by atoms with E-state index >= 15 is 0 Å². The molecule has 0 aromatic carbocycles. The number of hydrogen-bond donors (Lipinski definition) is 2. The van der Waals surface area contributed by atoms with Crippen molar-refractivity contribution >= 4 is 17.4 Å². The predicted molar refractivity (Wildman–Crippen MR) is 103 cm³/mol. The van der Waals surface area contributed by atoms with E-state index in [0.29, 0.717) is 18.5 Å². The van der Waals surface area contributed by atoms with E-state index in [-0.39, 0.29) is 5.91 Å². The summed E-state index contributed by atoms with van der Waals surface area (Å²) >= 11 is 0. The van der Waals surface area contributed by atoms with E-state index in [1.54, 1.807) is 6.20 Å². The molecular formula is C20H31N5O. The van der Waals surface area contributed by atoms with E-state index in [0.717, 1.165) is 35.7 Å². The van der Waals surface area contributed by atoms with E-state index in [4.69, 9.17) is 0 Å². The van der Waals surface area contributed by atoms with Crippen molar-refractivity contribution in [2.75, 3.05) is 37.4 Å². The molecule has 142 valence electrons. The first-order valence-electron chi connectivity index (χ1n) is 10.0. The van der Waals surface area contributed by atoms with Crippen molar-refractivity contribution in [1.82, 2.24) is 15.5 Å². The van der Waals surface area contributed by atoms with Gasteiger partial charge in [-0.2, -0.15) is 5.10 Å². The van der Waals surface area contributed by atoms with Gasteiger partial charge < -0.3 is 15.5 Å². The van der Waals surface area contributed by atoms with Crippen molar-refractivity contribution in [3.8, 4) is 0 Å². The normalized spacial score (nSPS) is 31.7. The molecule has 4 aliphatic rings. The molecular weight excluding hydrogens is 326 g/mol. The van der Waals surface area contributed by atoms with Gasteiger partial charge in [-0.3, -0.25) is 4.79 Å². The fraction of sp³-hybridized carbons (Fsp3) is 0.750. The van der Waals surface area contributed by atoms with Crippen molar-refractivity contribution in [3.05, 3.63) is 12.3 Å². The van der Waals surface area contributed by atoms with E-state index in [1.165, 1.54) is 38.5 Å². The number of anilines is 2. The molecule has 0 saturated heterocycles. The molecule has 6 heteroatoms. The van der Waals surface area contributed by atoms with Crippen LogP contribution in [0.3, 0.4) is 0 Å². The second-order valence-electron chi connectivity index (χ2n) is 9.06. The third-order valence-electron chi connectivity index (χ3n) is 6.61. The summed E-state index contributed by atoms with van der Waals surface area (Å²) in [6.45, 7) is 1.29. The number of carbonyl (C=O) groups excluding carboxylic acids is 1. The number of amides is 1. The van der Waals surface area contributed by atoms with E-state index in [9.17, 15) is 4.79 Å². The Bertz CT molecular complexity index is 624. The van der Waals surface area contributed by atoms with Crippen LogP contribution in [0.5, 0.6) is 0 Å². The standard InChI is InChI=1S/C20H31N5O/c1-25(2)17-8-18(24-23-13-17)21-3-4-22-19(26)12-20-9-14-5-15(10-20)7-16(6-14)11-20/h8,13-16H,3-7,9-12H2,1-2H3,(H,21,24)(H,22,26). The number of hydrogen-bond acceptors (Lipinski definition) is 5. The van der Waals surface area contributed by atoms with Crippen molar-refractivity contribution < 1.29 is 4.79 Å². The zero-order chi connectivity index (χ0) is 18.1. The Morgan fingerprint density at radius 2 is 1.81 bits per heavy atom. The Morgan fingerprint density at radius 3 is 2.42 bits per heavy atom. The molecule has 5 rings (SSSR count). The number of carbonyl (C=O) groups is 1. The zero-order valence-corrected chi connectivity index (χ0v) is 16.0. The average Bonchev–Trinajstić information content (AvgIpc) is 2.57. The molecule has 26 heavy (non-hydrogen) atoms. The van der Waals surface area contributed by atoms with Crippen molar-refractivity contribution in [3.63, 3.8) is 0 Å². The Hall–Kier alpha value is -1.85. The molecule has 6 nitrogen and oxygen atoms in total. The largest absolute Gasteiger partial charge is 0.376 e. The molecule has 0 radical (unpaired) electrons.